The van der Waals surface area contributed by atoms with Crippen LogP contribution in [0.5, 0.6) is 0 Å². The second kappa shape index (κ2) is 8.80. The SMILES string of the molecule is CNCCOCCCC(=O)Nc1ccccc1C(C)(C)C. The molecule has 0 spiro atoms. The first-order valence-corrected chi connectivity index (χ1v) is 7.57. The predicted octanol–water partition coefficient (Wildman–Crippen LogP) is 2.94. The highest BCUT2D eigenvalue weighted by Gasteiger charge is 2.18. The summed E-state index contributed by atoms with van der Waals surface area (Å²) in [6.45, 7) is 8.58. The maximum Gasteiger partial charge on any atom is 0.224 e. The number of hydrogen-bond acceptors (Lipinski definition) is 3. The van der Waals surface area contributed by atoms with Gasteiger partial charge in [0.05, 0.1) is 6.61 Å². The summed E-state index contributed by atoms with van der Waals surface area (Å²) in [6, 6.07) is 7.98. The third-order valence-corrected chi connectivity index (χ3v) is 3.20. The third kappa shape index (κ3) is 6.74. The molecule has 0 aliphatic heterocycles. The molecule has 0 saturated carbocycles. The summed E-state index contributed by atoms with van der Waals surface area (Å²) in [6.07, 6.45) is 1.23. The number of ether oxygens (including phenoxy) is 1. The summed E-state index contributed by atoms with van der Waals surface area (Å²) < 4.78 is 5.41. The molecule has 118 valence electrons. The molecule has 0 fully saturated rings. The molecule has 1 aromatic rings. The van der Waals surface area contributed by atoms with Crippen molar-refractivity contribution in [2.75, 3.05) is 32.1 Å². The van der Waals surface area contributed by atoms with Gasteiger partial charge < -0.3 is 15.4 Å². The van der Waals surface area contributed by atoms with Gasteiger partial charge in [-0.15, -0.1) is 0 Å². The molecule has 0 aliphatic carbocycles. The van der Waals surface area contributed by atoms with Crippen molar-refractivity contribution in [3.05, 3.63) is 29.8 Å². The zero-order valence-corrected chi connectivity index (χ0v) is 13.7. The standard InChI is InChI=1S/C17H28N2O2/c1-17(2,3)14-8-5-6-9-15(14)19-16(20)10-7-12-21-13-11-18-4/h5-6,8-9,18H,7,10-13H2,1-4H3,(H,19,20). The summed E-state index contributed by atoms with van der Waals surface area (Å²) in [7, 11) is 1.89. The van der Waals surface area contributed by atoms with E-state index in [-0.39, 0.29) is 11.3 Å². The van der Waals surface area contributed by atoms with Crippen molar-refractivity contribution >= 4 is 11.6 Å². The number of carbonyl (C=O) groups is 1. The summed E-state index contributed by atoms with van der Waals surface area (Å²) in [5, 5.41) is 6.03. The third-order valence-electron chi connectivity index (χ3n) is 3.20. The van der Waals surface area contributed by atoms with Crippen molar-refractivity contribution < 1.29 is 9.53 Å². The highest BCUT2D eigenvalue weighted by molar-refractivity contribution is 5.91. The highest BCUT2D eigenvalue weighted by atomic mass is 16.5. The number of nitrogens with one attached hydrogen (secondary N) is 2. The van der Waals surface area contributed by atoms with Crippen LogP contribution in [0.15, 0.2) is 24.3 Å². The molecular weight excluding hydrogens is 264 g/mol. The Labute approximate surface area is 128 Å². The molecule has 21 heavy (non-hydrogen) atoms. The molecule has 1 aromatic carbocycles. The Bertz CT molecular complexity index is 439. The van der Waals surface area contributed by atoms with Gasteiger partial charge in [-0.3, -0.25) is 4.79 Å². The number of hydrogen-bond donors (Lipinski definition) is 2. The van der Waals surface area contributed by atoms with Crippen molar-refractivity contribution in [3.63, 3.8) is 0 Å². The molecular formula is C17H28N2O2. The number of carbonyl (C=O) groups excluding carboxylic acids is 1. The molecule has 2 N–H and O–H groups in total. The molecule has 1 amide bonds. The Morgan fingerprint density at radius 1 is 1.19 bits per heavy atom. The van der Waals surface area contributed by atoms with Crippen LogP contribution in [0.3, 0.4) is 0 Å². The van der Waals surface area contributed by atoms with Crippen molar-refractivity contribution in [2.45, 2.75) is 39.0 Å². The molecule has 1 rings (SSSR count). The number of likely N-dealkylation sites (N-methyl/N-ethyl adjacent to an activating group) is 1. The number of rotatable bonds is 8. The van der Waals surface area contributed by atoms with Crippen molar-refractivity contribution in [1.29, 1.82) is 0 Å². The van der Waals surface area contributed by atoms with Gasteiger partial charge in [0.15, 0.2) is 0 Å². The van der Waals surface area contributed by atoms with Crippen molar-refractivity contribution in [1.82, 2.24) is 5.32 Å². The van der Waals surface area contributed by atoms with E-state index in [0.717, 1.165) is 24.2 Å². The smallest absolute Gasteiger partial charge is 0.224 e. The summed E-state index contributed by atoms with van der Waals surface area (Å²) in [4.78, 5) is 12.0. The fraction of sp³-hybridized carbons (Fsp3) is 0.588. The van der Waals surface area contributed by atoms with E-state index in [0.29, 0.717) is 19.6 Å². The van der Waals surface area contributed by atoms with E-state index < -0.39 is 0 Å². The Morgan fingerprint density at radius 2 is 1.90 bits per heavy atom. The number of benzene rings is 1. The molecule has 0 bridgehead atoms. The van der Waals surface area contributed by atoms with Crippen LogP contribution in [0, 0.1) is 0 Å². The molecule has 0 aromatic heterocycles. The molecule has 0 heterocycles. The van der Waals surface area contributed by atoms with E-state index in [1.54, 1.807) is 0 Å². The van der Waals surface area contributed by atoms with Crippen LogP contribution in [-0.2, 0) is 14.9 Å². The van der Waals surface area contributed by atoms with Gasteiger partial charge in [0.1, 0.15) is 0 Å². The van der Waals surface area contributed by atoms with Crippen LogP contribution in [0.25, 0.3) is 0 Å². The Balaban J connectivity index is 2.42. The van der Waals surface area contributed by atoms with Crippen LogP contribution in [-0.4, -0.2) is 32.7 Å². The molecule has 4 heteroatoms. The lowest BCUT2D eigenvalue weighted by molar-refractivity contribution is -0.116. The summed E-state index contributed by atoms with van der Waals surface area (Å²) in [5.74, 6) is 0.0453. The minimum atomic E-state index is 0.0140. The molecule has 0 atom stereocenters. The van der Waals surface area contributed by atoms with E-state index in [4.69, 9.17) is 4.74 Å². The monoisotopic (exact) mass is 292 g/mol. The second-order valence-corrected chi connectivity index (χ2v) is 6.16. The molecule has 4 nitrogen and oxygen atoms in total. The van der Waals surface area contributed by atoms with Gasteiger partial charge in [0.2, 0.25) is 5.91 Å². The fourth-order valence-corrected chi connectivity index (χ4v) is 2.07. The minimum absolute atomic E-state index is 0.0140. The Kier molecular flexibility index (Phi) is 7.40. The summed E-state index contributed by atoms with van der Waals surface area (Å²) >= 11 is 0. The van der Waals surface area contributed by atoms with E-state index in [2.05, 4.69) is 37.5 Å². The Morgan fingerprint density at radius 3 is 2.57 bits per heavy atom. The van der Waals surface area contributed by atoms with Crippen LogP contribution in [0.1, 0.15) is 39.2 Å². The van der Waals surface area contributed by atoms with E-state index >= 15 is 0 Å². The summed E-state index contributed by atoms with van der Waals surface area (Å²) in [5.41, 5.74) is 2.08. The van der Waals surface area contributed by atoms with Crippen LogP contribution < -0.4 is 10.6 Å². The number of anilines is 1. The van der Waals surface area contributed by atoms with Crippen LogP contribution in [0.4, 0.5) is 5.69 Å². The molecule has 0 radical (unpaired) electrons. The lowest BCUT2D eigenvalue weighted by atomic mass is 9.86. The second-order valence-electron chi connectivity index (χ2n) is 6.16. The van der Waals surface area contributed by atoms with Gasteiger partial charge in [-0.25, -0.2) is 0 Å². The van der Waals surface area contributed by atoms with Gasteiger partial charge in [0.25, 0.3) is 0 Å². The first-order valence-electron chi connectivity index (χ1n) is 7.57. The largest absolute Gasteiger partial charge is 0.380 e. The van der Waals surface area contributed by atoms with Crippen molar-refractivity contribution in [3.8, 4) is 0 Å². The lowest BCUT2D eigenvalue weighted by Crippen LogP contribution is -2.19. The number of amides is 1. The van der Waals surface area contributed by atoms with Crippen molar-refractivity contribution in [2.24, 2.45) is 0 Å². The highest BCUT2D eigenvalue weighted by Crippen LogP contribution is 2.29. The molecule has 0 unspecified atom stereocenters. The topological polar surface area (TPSA) is 50.4 Å². The number of para-hydroxylation sites is 1. The van der Waals surface area contributed by atoms with Crippen LogP contribution >= 0.6 is 0 Å². The van der Waals surface area contributed by atoms with Gasteiger partial charge in [-0.05, 0) is 30.5 Å². The normalized spacial score (nSPS) is 11.4. The van der Waals surface area contributed by atoms with Crippen LogP contribution in [0.2, 0.25) is 0 Å². The van der Waals surface area contributed by atoms with E-state index in [9.17, 15) is 4.79 Å². The molecule has 0 saturated heterocycles. The minimum Gasteiger partial charge on any atom is -0.380 e. The average Bonchev–Trinajstić information content (AvgIpc) is 2.42. The van der Waals surface area contributed by atoms with E-state index in [1.807, 2.05) is 25.2 Å². The first-order chi connectivity index (χ1) is 9.95. The average molecular weight is 292 g/mol. The lowest BCUT2D eigenvalue weighted by Gasteiger charge is -2.23. The van der Waals surface area contributed by atoms with Gasteiger partial charge in [-0.1, -0.05) is 39.0 Å². The zero-order valence-electron chi connectivity index (χ0n) is 13.7. The van der Waals surface area contributed by atoms with Gasteiger partial charge in [-0.2, -0.15) is 0 Å². The first kappa shape index (κ1) is 17.7. The zero-order chi connectivity index (χ0) is 15.7. The fourth-order valence-electron chi connectivity index (χ4n) is 2.07. The predicted molar refractivity (Wildman–Crippen MR) is 87.8 cm³/mol. The van der Waals surface area contributed by atoms with Gasteiger partial charge >= 0.3 is 0 Å². The Hall–Kier alpha value is -1.39. The quantitative estimate of drug-likeness (QED) is 0.724. The maximum absolute atomic E-state index is 12.0. The van der Waals surface area contributed by atoms with E-state index in [1.165, 1.54) is 0 Å². The maximum atomic E-state index is 12.0. The van der Waals surface area contributed by atoms with Gasteiger partial charge in [0, 0.05) is 25.3 Å². The molecule has 0 aliphatic rings.